The number of hydrogen-bond donors (Lipinski definition) is 2. The molecule has 1 aliphatic rings. The van der Waals surface area contributed by atoms with Crippen molar-refractivity contribution in [3.8, 4) is 11.5 Å². The van der Waals surface area contributed by atoms with Crippen LogP contribution in [0.5, 0.6) is 11.5 Å². The highest BCUT2D eigenvalue weighted by Crippen LogP contribution is 2.31. The van der Waals surface area contributed by atoms with Crippen molar-refractivity contribution in [2.75, 3.05) is 0 Å². The van der Waals surface area contributed by atoms with Crippen molar-refractivity contribution in [1.29, 1.82) is 0 Å². The van der Waals surface area contributed by atoms with Crippen molar-refractivity contribution in [1.82, 2.24) is 0 Å². The molecule has 2 rings (SSSR count). The van der Waals surface area contributed by atoms with Gasteiger partial charge in [0.05, 0.1) is 0 Å². The Kier molecular flexibility index (Phi) is 6.27. The molecule has 0 radical (unpaired) electrons. The van der Waals surface area contributed by atoms with E-state index in [0.717, 1.165) is 12.0 Å². The molecule has 0 heterocycles. The van der Waals surface area contributed by atoms with E-state index in [4.69, 9.17) is 10.5 Å². The Morgan fingerprint density at radius 1 is 1.33 bits per heavy atom. The van der Waals surface area contributed by atoms with Crippen LogP contribution in [-0.4, -0.2) is 17.1 Å². The maximum absolute atomic E-state index is 12.0. The molecular weight excluding hydrogens is 302 g/mol. The number of nitrogens with two attached hydrogens (primary N) is 1. The first kappa shape index (κ1) is 18.8. The number of esters is 1. The first-order valence-corrected chi connectivity index (χ1v) is 9.04. The molecule has 1 saturated carbocycles. The Bertz CT molecular complexity index is 556. The van der Waals surface area contributed by atoms with Gasteiger partial charge in [0.15, 0.2) is 11.5 Å². The molecule has 0 spiro atoms. The van der Waals surface area contributed by atoms with Gasteiger partial charge in [0.2, 0.25) is 0 Å². The lowest BCUT2D eigenvalue weighted by Gasteiger charge is -2.27. The summed E-state index contributed by atoms with van der Waals surface area (Å²) in [6, 6.07) is 5.17. The van der Waals surface area contributed by atoms with E-state index in [2.05, 4.69) is 20.8 Å². The average Bonchev–Trinajstić information content (AvgIpc) is 3.00. The molecule has 1 atom stereocenters. The fourth-order valence-corrected chi connectivity index (χ4v) is 3.13. The van der Waals surface area contributed by atoms with E-state index in [0.29, 0.717) is 18.8 Å². The lowest BCUT2D eigenvalue weighted by molar-refractivity contribution is -0.134. The summed E-state index contributed by atoms with van der Waals surface area (Å²) in [5.74, 6) is 0.631. The number of phenolic OH excluding ortho intramolecular Hbond substituents is 1. The van der Waals surface area contributed by atoms with Gasteiger partial charge in [-0.15, -0.1) is 0 Å². The maximum Gasteiger partial charge on any atom is 0.311 e. The normalized spacial score (nSPS) is 17.0. The predicted octanol–water partition coefficient (Wildman–Crippen LogP) is 4.18. The second-order valence-electron chi connectivity index (χ2n) is 8.14. The highest BCUT2D eigenvalue weighted by Gasteiger charge is 2.21. The average molecular weight is 333 g/mol. The summed E-state index contributed by atoms with van der Waals surface area (Å²) in [5, 5.41) is 10.1. The monoisotopic (exact) mass is 333 g/mol. The largest absolute Gasteiger partial charge is 0.504 e. The third-order valence-electron chi connectivity index (χ3n) is 5.05. The quantitative estimate of drug-likeness (QED) is 0.605. The van der Waals surface area contributed by atoms with Gasteiger partial charge in [-0.1, -0.05) is 52.5 Å². The van der Waals surface area contributed by atoms with Crippen molar-refractivity contribution in [3.63, 3.8) is 0 Å². The minimum atomic E-state index is -0.267. The predicted molar refractivity (Wildman–Crippen MR) is 96.1 cm³/mol. The zero-order valence-electron chi connectivity index (χ0n) is 15.2. The highest BCUT2D eigenvalue weighted by atomic mass is 16.5. The fraction of sp³-hybridized carbons (Fsp3) is 0.650. The first-order valence-electron chi connectivity index (χ1n) is 9.04. The van der Waals surface area contributed by atoms with Crippen LogP contribution >= 0.6 is 0 Å². The lowest BCUT2D eigenvalue weighted by Crippen LogP contribution is -2.36. The summed E-state index contributed by atoms with van der Waals surface area (Å²) >= 11 is 0. The molecule has 4 heteroatoms. The molecule has 1 unspecified atom stereocenters. The number of carbonyl (C=O) groups is 1. The Labute approximate surface area is 145 Å². The Balaban J connectivity index is 1.88. The van der Waals surface area contributed by atoms with Gasteiger partial charge in [0, 0.05) is 12.5 Å². The number of aromatic hydroxyl groups is 1. The Morgan fingerprint density at radius 2 is 2.00 bits per heavy atom. The molecule has 0 aliphatic heterocycles. The highest BCUT2D eigenvalue weighted by molar-refractivity contribution is 5.73. The standard InChI is InChI=1S/C20H31NO3/c1-20(2,3)18(21)13-15-8-10-17(16(22)12-15)24-19(23)11-9-14-6-4-5-7-14/h8,10,12,14,18,22H,4-7,9,11,13,21H2,1-3H3. The van der Waals surface area contributed by atoms with Crippen molar-refractivity contribution < 1.29 is 14.6 Å². The van der Waals surface area contributed by atoms with E-state index >= 15 is 0 Å². The molecule has 0 bridgehead atoms. The van der Waals surface area contributed by atoms with Crippen LogP contribution < -0.4 is 10.5 Å². The smallest absolute Gasteiger partial charge is 0.311 e. The molecule has 3 N–H and O–H groups in total. The molecule has 0 saturated heterocycles. The van der Waals surface area contributed by atoms with Gasteiger partial charge < -0.3 is 15.6 Å². The van der Waals surface area contributed by atoms with E-state index in [1.165, 1.54) is 25.7 Å². The minimum Gasteiger partial charge on any atom is -0.504 e. The van der Waals surface area contributed by atoms with Crippen molar-refractivity contribution in [2.45, 2.75) is 71.8 Å². The van der Waals surface area contributed by atoms with E-state index in [-0.39, 0.29) is 28.9 Å². The van der Waals surface area contributed by atoms with Crippen LogP contribution in [0.1, 0.15) is 64.9 Å². The minimum absolute atomic E-state index is 0.000987. The van der Waals surface area contributed by atoms with E-state index in [1.54, 1.807) is 12.1 Å². The molecule has 4 nitrogen and oxygen atoms in total. The second-order valence-corrected chi connectivity index (χ2v) is 8.14. The van der Waals surface area contributed by atoms with Gasteiger partial charge in [-0.3, -0.25) is 4.79 Å². The van der Waals surface area contributed by atoms with Gasteiger partial charge >= 0.3 is 5.97 Å². The van der Waals surface area contributed by atoms with Gasteiger partial charge in [-0.25, -0.2) is 0 Å². The van der Waals surface area contributed by atoms with Gasteiger partial charge in [-0.2, -0.15) is 0 Å². The van der Waals surface area contributed by atoms with Crippen molar-refractivity contribution in [2.24, 2.45) is 17.1 Å². The molecule has 134 valence electrons. The number of phenols is 1. The summed E-state index contributed by atoms with van der Waals surface area (Å²) in [7, 11) is 0. The van der Waals surface area contributed by atoms with E-state index in [1.807, 2.05) is 6.07 Å². The third kappa shape index (κ3) is 5.52. The van der Waals surface area contributed by atoms with Crippen molar-refractivity contribution >= 4 is 5.97 Å². The summed E-state index contributed by atoms with van der Waals surface area (Å²) in [4.78, 5) is 12.0. The topological polar surface area (TPSA) is 72.5 Å². The summed E-state index contributed by atoms with van der Waals surface area (Å²) in [6.07, 6.45) is 6.98. The molecule has 1 aromatic rings. The fourth-order valence-electron chi connectivity index (χ4n) is 3.13. The van der Waals surface area contributed by atoms with Gasteiger partial charge in [0.1, 0.15) is 0 Å². The number of benzene rings is 1. The van der Waals surface area contributed by atoms with Crippen LogP contribution in [-0.2, 0) is 11.2 Å². The van der Waals surface area contributed by atoms with Crippen LogP contribution in [0.15, 0.2) is 18.2 Å². The molecule has 0 aromatic heterocycles. The van der Waals surface area contributed by atoms with Crippen LogP contribution in [0.2, 0.25) is 0 Å². The van der Waals surface area contributed by atoms with Gasteiger partial charge in [0.25, 0.3) is 0 Å². The molecule has 1 aromatic carbocycles. The van der Waals surface area contributed by atoms with Crippen LogP contribution in [0.25, 0.3) is 0 Å². The van der Waals surface area contributed by atoms with Crippen molar-refractivity contribution in [3.05, 3.63) is 23.8 Å². The second kappa shape index (κ2) is 8.02. The number of hydrogen-bond acceptors (Lipinski definition) is 4. The zero-order valence-corrected chi connectivity index (χ0v) is 15.2. The molecular formula is C20H31NO3. The van der Waals surface area contributed by atoms with Crippen LogP contribution in [0.3, 0.4) is 0 Å². The lowest BCUT2D eigenvalue weighted by atomic mass is 9.84. The van der Waals surface area contributed by atoms with Crippen LogP contribution in [0, 0.1) is 11.3 Å². The summed E-state index contributed by atoms with van der Waals surface area (Å²) in [6.45, 7) is 6.29. The van der Waals surface area contributed by atoms with E-state index < -0.39 is 0 Å². The summed E-state index contributed by atoms with van der Waals surface area (Å²) in [5.41, 5.74) is 7.13. The Hall–Kier alpha value is -1.55. The van der Waals surface area contributed by atoms with E-state index in [9.17, 15) is 9.90 Å². The SMILES string of the molecule is CC(C)(C)C(N)Cc1ccc(OC(=O)CCC2CCCC2)c(O)c1. The number of rotatable bonds is 6. The molecule has 1 aliphatic carbocycles. The number of carbonyl (C=O) groups excluding carboxylic acids is 1. The number of ether oxygens (including phenoxy) is 1. The maximum atomic E-state index is 12.0. The molecule has 1 fully saturated rings. The first-order chi connectivity index (χ1) is 11.3. The Morgan fingerprint density at radius 3 is 2.58 bits per heavy atom. The molecule has 0 amide bonds. The third-order valence-corrected chi connectivity index (χ3v) is 5.05. The molecule has 24 heavy (non-hydrogen) atoms. The zero-order chi connectivity index (χ0) is 17.7. The van der Waals surface area contributed by atoms with Gasteiger partial charge in [-0.05, 0) is 41.9 Å². The summed E-state index contributed by atoms with van der Waals surface area (Å²) < 4.78 is 5.31. The van der Waals surface area contributed by atoms with Crippen LogP contribution in [0.4, 0.5) is 0 Å².